The second kappa shape index (κ2) is 5.73. The summed E-state index contributed by atoms with van der Waals surface area (Å²) in [5.41, 5.74) is 0.396. The minimum atomic E-state index is -0.502. The maximum atomic E-state index is 12.1. The second-order valence-electron chi connectivity index (χ2n) is 4.34. The smallest absolute Gasteiger partial charge is 0.255 e. The van der Waals surface area contributed by atoms with E-state index in [2.05, 4.69) is 5.32 Å². The van der Waals surface area contributed by atoms with Crippen LogP contribution < -0.4 is 14.8 Å². The summed E-state index contributed by atoms with van der Waals surface area (Å²) in [7, 11) is 0. The van der Waals surface area contributed by atoms with Crippen LogP contribution in [0.3, 0.4) is 0 Å². The number of carbonyl (C=O) groups excluding carboxylic acids is 2. The zero-order valence-electron chi connectivity index (χ0n) is 11.1. The van der Waals surface area contributed by atoms with Crippen LogP contribution in [-0.4, -0.2) is 30.9 Å². The molecule has 0 bridgehead atoms. The number of rotatable bonds is 4. The zero-order valence-corrected chi connectivity index (χ0v) is 11.1. The fourth-order valence-electron chi connectivity index (χ4n) is 1.91. The first-order chi connectivity index (χ1) is 9.13. The van der Waals surface area contributed by atoms with Gasteiger partial charge in [-0.15, -0.1) is 0 Å². The van der Waals surface area contributed by atoms with E-state index in [1.165, 1.54) is 0 Å². The minimum absolute atomic E-state index is 0.00434. The number of amides is 1. The van der Waals surface area contributed by atoms with Gasteiger partial charge in [0.25, 0.3) is 5.91 Å². The lowest BCUT2D eigenvalue weighted by Gasteiger charge is -2.21. The summed E-state index contributed by atoms with van der Waals surface area (Å²) >= 11 is 0. The van der Waals surface area contributed by atoms with E-state index in [1.54, 1.807) is 32.0 Å². The third-order valence-corrected chi connectivity index (χ3v) is 2.99. The molecule has 1 N–H and O–H groups in total. The van der Waals surface area contributed by atoms with E-state index in [0.29, 0.717) is 36.7 Å². The first-order valence-corrected chi connectivity index (χ1v) is 6.35. The molecule has 0 aromatic heterocycles. The third-order valence-electron chi connectivity index (χ3n) is 2.99. The van der Waals surface area contributed by atoms with Gasteiger partial charge in [0, 0.05) is 6.42 Å². The molecular formula is C14H17NO4. The fourth-order valence-corrected chi connectivity index (χ4v) is 1.91. The van der Waals surface area contributed by atoms with E-state index >= 15 is 0 Å². The molecular weight excluding hydrogens is 246 g/mol. The van der Waals surface area contributed by atoms with Crippen LogP contribution in [-0.2, 0) is 4.79 Å². The molecule has 0 fully saturated rings. The number of para-hydroxylation sites is 1. The van der Waals surface area contributed by atoms with Crippen LogP contribution in [0.4, 0.5) is 0 Å². The van der Waals surface area contributed by atoms with E-state index < -0.39 is 6.04 Å². The van der Waals surface area contributed by atoms with Gasteiger partial charge in [-0.2, -0.15) is 0 Å². The van der Waals surface area contributed by atoms with Crippen LogP contribution in [0.1, 0.15) is 30.6 Å². The van der Waals surface area contributed by atoms with Crippen LogP contribution in [0.2, 0.25) is 0 Å². The van der Waals surface area contributed by atoms with Gasteiger partial charge in [-0.3, -0.25) is 9.59 Å². The van der Waals surface area contributed by atoms with Crippen molar-refractivity contribution in [2.45, 2.75) is 26.3 Å². The van der Waals surface area contributed by atoms with Gasteiger partial charge in [-0.25, -0.2) is 0 Å². The third kappa shape index (κ3) is 2.86. The van der Waals surface area contributed by atoms with Crippen molar-refractivity contribution in [1.29, 1.82) is 0 Å². The van der Waals surface area contributed by atoms with Crippen LogP contribution >= 0.6 is 0 Å². The molecule has 0 spiro atoms. The number of hydrogen-bond acceptors (Lipinski definition) is 4. The quantitative estimate of drug-likeness (QED) is 0.895. The van der Waals surface area contributed by atoms with Gasteiger partial charge in [-0.05, 0) is 19.1 Å². The molecule has 1 aromatic carbocycles. The molecule has 1 atom stereocenters. The number of hydrogen-bond donors (Lipinski definition) is 1. The maximum absolute atomic E-state index is 12.1. The summed E-state index contributed by atoms with van der Waals surface area (Å²) in [5, 5.41) is 2.67. The predicted octanol–water partition coefficient (Wildman–Crippen LogP) is 1.56. The highest BCUT2D eigenvalue weighted by Gasteiger charge is 2.22. The Morgan fingerprint density at radius 2 is 2.05 bits per heavy atom. The van der Waals surface area contributed by atoms with Crippen LogP contribution in [0.25, 0.3) is 0 Å². The van der Waals surface area contributed by atoms with Gasteiger partial charge in [-0.1, -0.05) is 13.0 Å². The fraction of sp³-hybridized carbons (Fsp3) is 0.429. The van der Waals surface area contributed by atoms with E-state index in [0.717, 1.165) is 0 Å². The molecule has 1 aliphatic heterocycles. The monoisotopic (exact) mass is 263 g/mol. The minimum Gasteiger partial charge on any atom is -0.486 e. The number of nitrogens with one attached hydrogen (secondary N) is 1. The Bertz CT molecular complexity index is 498. The van der Waals surface area contributed by atoms with Crippen LogP contribution in [0.5, 0.6) is 11.5 Å². The highest BCUT2D eigenvalue weighted by atomic mass is 16.6. The van der Waals surface area contributed by atoms with E-state index in [1.807, 2.05) is 0 Å². The summed E-state index contributed by atoms with van der Waals surface area (Å²) in [4.78, 5) is 23.6. The van der Waals surface area contributed by atoms with Gasteiger partial charge < -0.3 is 14.8 Å². The Balaban J connectivity index is 2.18. The number of ketones is 1. The largest absolute Gasteiger partial charge is 0.486 e. The lowest BCUT2D eigenvalue weighted by Crippen LogP contribution is -2.38. The molecule has 0 saturated heterocycles. The van der Waals surface area contributed by atoms with E-state index in [9.17, 15) is 9.59 Å². The lowest BCUT2D eigenvalue weighted by molar-refractivity contribution is -0.120. The zero-order chi connectivity index (χ0) is 13.8. The number of fused-ring (bicyclic) bond motifs is 1. The lowest BCUT2D eigenvalue weighted by atomic mass is 10.1. The maximum Gasteiger partial charge on any atom is 0.255 e. The van der Waals surface area contributed by atoms with Crippen LogP contribution in [0.15, 0.2) is 18.2 Å². The molecule has 1 amide bonds. The van der Waals surface area contributed by atoms with Crippen molar-refractivity contribution in [2.75, 3.05) is 13.2 Å². The number of Topliss-reactive ketones (excluding diaryl/α,β-unsaturated/α-hetero) is 1. The summed E-state index contributed by atoms with van der Waals surface area (Å²) in [6, 6.07) is 4.64. The molecule has 5 nitrogen and oxygen atoms in total. The van der Waals surface area contributed by atoms with Crippen molar-refractivity contribution in [3.63, 3.8) is 0 Å². The van der Waals surface area contributed by atoms with Gasteiger partial charge >= 0.3 is 0 Å². The summed E-state index contributed by atoms with van der Waals surface area (Å²) in [6.07, 6.45) is 0.397. The Kier molecular flexibility index (Phi) is 4.04. The highest BCUT2D eigenvalue weighted by molar-refractivity contribution is 6.00. The second-order valence-corrected chi connectivity index (χ2v) is 4.34. The molecule has 0 aliphatic carbocycles. The van der Waals surface area contributed by atoms with Gasteiger partial charge in [0.05, 0.1) is 11.6 Å². The Hall–Kier alpha value is -2.04. The van der Waals surface area contributed by atoms with Crippen molar-refractivity contribution in [2.24, 2.45) is 0 Å². The van der Waals surface area contributed by atoms with Gasteiger partial charge in [0.1, 0.15) is 13.2 Å². The molecule has 1 unspecified atom stereocenters. The molecule has 5 heteroatoms. The summed E-state index contributed by atoms with van der Waals surface area (Å²) < 4.78 is 10.9. The predicted molar refractivity (Wildman–Crippen MR) is 69.7 cm³/mol. The van der Waals surface area contributed by atoms with Crippen molar-refractivity contribution in [3.8, 4) is 11.5 Å². The topological polar surface area (TPSA) is 64.6 Å². The number of ether oxygens (including phenoxy) is 2. The molecule has 0 radical (unpaired) electrons. The Morgan fingerprint density at radius 1 is 1.32 bits per heavy atom. The molecule has 19 heavy (non-hydrogen) atoms. The first kappa shape index (κ1) is 13.4. The molecule has 2 rings (SSSR count). The number of benzene rings is 1. The summed E-state index contributed by atoms with van der Waals surface area (Å²) in [5.74, 6) is 0.683. The normalized spacial score (nSPS) is 14.6. The van der Waals surface area contributed by atoms with Crippen molar-refractivity contribution in [1.82, 2.24) is 5.32 Å². The Morgan fingerprint density at radius 3 is 2.79 bits per heavy atom. The van der Waals surface area contributed by atoms with E-state index in [4.69, 9.17) is 9.47 Å². The molecule has 0 saturated carbocycles. The average molecular weight is 263 g/mol. The first-order valence-electron chi connectivity index (χ1n) is 6.35. The number of carbonyl (C=O) groups is 2. The van der Waals surface area contributed by atoms with Crippen LogP contribution in [0, 0.1) is 0 Å². The molecule has 1 aliphatic rings. The highest BCUT2D eigenvalue weighted by Crippen LogP contribution is 2.33. The Labute approximate surface area is 111 Å². The molecule has 1 heterocycles. The van der Waals surface area contributed by atoms with Crippen molar-refractivity contribution >= 4 is 11.7 Å². The SMILES string of the molecule is CCC(=O)C(C)NC(=O)c1cccc2c1OCCO2. The summed E-state index contributed by atoms with van der Waals surface area (Å²) in [6.45, 7) is 4.34. The van der Waals surface area contributed by atoms with Gasteiger partial charge in [0.2, 0.25) is 0 Å². The van der Waals surface area contributed by atoms with Gasteiger partial charge in [0.15, 0.2) is 17.3 Å². The van der Waals surface area contributed by atoms with Crippen molar-refractivity contribution in [3.05, 3.63) is 23.8 Å². The molecule has 102 valence electrons. The molecule has 1 aromatic rings. The van der Waals surface area contributed by atoms with Crippen molar-refractivity contribution < 1.29 is 19.1 Å². The average Bonchev–Trinajstić information content (AvgIpc) is 2.45. The van der Waals surface area contributed by atoms with E-state index in [-0.39, 0.29) is 11.7 Å². The standard InChI is InChI=1S/C14H17NO4/c1-3-11(16)9(2)15-14(17)10-5-4-6-12-13(10)19-8-7-18-12/h4-6,9H,3,7-8H2,1-2H3,(H,15,17).